The molecule has 4 heteroatoms. The van der Waals surface area contributed by atoms with Gasteiger partial charge in [0.1, 0.15) is 0 Å². The Balaban J connectivity index is 1.46. The van der Waals surface area contributed by atoms with Gasteiger partial charge in [0.2, 0.25) is 0 Å². The number of rotatable bonds is 4. The molecule has 4 saturated carbocycles. The van der Waals surface area contributed by atoms with Gasteiger partial charge in [0, 0.05) is 18.3 Å². The molecule has 1 atom stereocenters. The van der Waals surface area contributed by atoms with Crippen LogP contribution in [-0.2, 0) is 9.59 Å². The van der Waals surface area contributed by atoms with E-state index >= 15 is 0 Å². The highest BCUT2D eigenvalue weighted by atomic mass is 16.2. The first kappa shape index (κ1) is 18.5. The van der Waals surface area contributed by atoms with Crippen molar-refractivity contribution >= 4 is 17.5 Å². The standard InChI is InChI=1S/C23H32N2O2/c1-4-25(20-7-5-6-15(2)8-20)22(27)21(26)24-16(3)23-12-17-9-18(13-23)11-19(10-17)14-23/h5-8,16-19H,4,9-14H2,1-3H3,(H,24,26). The minimum Gasteiger partial charge on any atom is -0.345 e. The summed E-state index contributed by atoms with van der Waals surface area (Å²) in [7, 11) is 0. The molecule has 1 N–H and O–H groups in total. The lowest BCUT2D eigenvalue weighted by molar-refractivity contribution is -0.140. The first-order valence-electron chi connectivity index (χ1n) is 10.6. The first-order valence-corrected chi connectivity index (χ1v) is 10.6. The third-order valence-electron chi connectivity index (χ3n) is 7.42. The summed E-state index contributed by atoms with van der Waals surface area (Å²) in [5.41, 5.74) is 2.09. The molecule has 1 aromatic rings. The molecular formula is C23H32N2O2. The summed E-state index contributed by atoms with van der Waals surface area (Å²) >= 11 is 0. The molecule has 146 valence electrons. The lowest BCUT2D eigenvalue weighted by atomic mass is 9.48. The molecule has 1 unspecified atom stereocenters. The number of hydrogen-bond acceptors (Lipinski definition) is 2. The van der Waals surface area contributed by atoms with Gasteiger partial charge in [-0.25, -0.2) is 0 Å². The van der Waals surface area contributed by atoms with Crippen LogP contribution in [0, 0.1) is 30.1 Å². The molecule has 0 radical (unpaired) electrons. The lowest BCUT2D eigenvalue weighted by Gasteiger charge is -2.59. The average Bonchev–Trinajstić information content (AvgIpc) is 2.61. The van der Waals surface area contributed by atoms with E-state index in [1.54, 1.807) is 4.90 Å². The third-order valence-corrected chi connectivity index (χ3v) is 7.42. The second-order valence-corrected chi connectivity index (χ2v) is 9.36. The van der Waals surface area contributed by atoms with Crippen molar-refractivity contribution in [2.75, 3.05) is 11.4 Å². The maximum atomic E-state index is 12.9. The molecule has 0 spiro atoms. The van der Waals surface area contributed by atoms with Gasteiger partial charge in [-0.2, -0.15) is 0 Å². The van der Waals surface area contributed by atoms with Crippen LogP contribution < -0.4 is 10.2 Å². The summed E-state index contributed by atoms with van der Waals surface area (Å²) in [6.45, 7) is 6.52. The van der Waals surface area contributed by atoms with Crippen molar-refractivity contribution < 1.29 is 9.59 Å². The Labute approximate surface area is 162 Å². The number of nitrogens with zero attached hydrogens (tertiary/aromatic N) is 1. The van der Waals surface area contributed by atoms with Crippen molar-refractivity contribution in [2.45, 2.75) is 65.3 Å². The van der Waals surface area contributed by atoms with Gasteiger partial charge in [0.15, 0.2) is 0 Å². The van der Waals surface area contributed by atoms with Crippen LogP contribution in [0.25, 0.3) is 0 Å². The normalized spacial score (nSPS) is 32.2. The Kier molecular flexibility index (Phi) is 4.77. The van der Waals surface area contributed by atoms with Crippen LogP contribution in [0.3, 0.4) is 0 Å². The van der Waals surface area contributed by atoms with Gasteiger partial charge in [-0.05, 0) is 100 Å². The van der Waals surface area contributed by atoms with Crippen LogP contribution in [0.1, 0.15) is 57.9 Å². The Morgan fingerprint density at radius 1 is 1.15 bits per heavy atom. The highest BCUT2D eigenvalue weighted by Crippen LogP contribution is 2.61. The van der Waals surface area contributed by atoms with Gasteiger partial charge in [0.25, 0.3) is 0 Å². The van der Waals surface area contributed by atoms with E-state index in [1.165, 1.54) is 38.5 Å². The van der Waals surface area contributed by atoms with E-state index in [9.17, 15) is 9.59 Å². The predicted molar refractivity (Wildman–Crippen MR) is 107 cm³/mol. The summed E-state index contributed by atoms with van der Waals surface area (Å²) in [6.07, 6.45) is 7.83. The van der Waals surface area contributed by atoms with Crippen LogP contribution in [-0.4, -0.2) is 24.4 Å². The van der Waals surface area contributed by atoms with Crippen molar-refractivity contribution in [3.8, 4) is 0 Å². The van der Waals surface area contributed by atoms with Crippen molar-refractivity contribution in [2.24, 2.45) is 23.2 Å². The smallest absolute Gasteiger partial charge is 0.316 e. The lowest BCUT2D eigenvalue weighted by Crippen LogP contribution is -2.57. The van der Waals surface area contributed by atoms with Gasteiger partial charge in [-0.15, -0.1) is 0 Å². The van der Waals surface area contributed by atoms with Gasteiger partial charge in [-0.3, -0.25) is 9.59 Å². The number of nitrogens with one attached hydrogen (secondary N) is 1. The van der Waals surface area contributed by atoms with Gasteiger partial charge >= 0.3 is 11.8 Å². The van der Waals surface area contributed by atoms with Gasteiger partial charge in [0.05, 0.1) is 0 Å². The second-order valence-electron chi connectivity index (χ2n) is 9.36. The molecule has 5 rings (SSSR count). The topological polar surface area (TPSA) is 49.4 Å². The zero-order valence-corrected chi connectivity index (χ0v) is 16.8. The number of likely N-dealkylation sites (N-methyl/N-ethyl adjacent to an activating group) is 1. The molecule has 0 saturated heterocycles. The van der Waals surface area contributed by atoms with E-state index in [0.717, 1.165) is 29.0 Å². The molecule has 4 aliphatic rings. The van der Waals surface area contributed by atoms with Crippen LogP contribution >= 0.6 is 0 Å². The molecule has 0 heterocycles. The van der Waals surface area contributed by atoms with E-state index in [4.69, 9.17) is 0 Å². The predicted octanol–water partition coefficient (Wildman–Crippen LogP) is 4.07. The highest BCUT2D eigenvalue weighted by Gasteiger charge is 2.53. The van der Waals surface area contributed by atoms with E-state index < -0.39 is 11.8 Å². The Morgan fingerprint density at radius 3 is 2.26 bits per heavy atom. The third kappa shape index (κ3) is 3.39. The van der Waals surface area contributed by atoms with E-state index in [1.807, 2.05) is 38.1 Å². The quantitative estimate of drug-likeness (QED) is 0.815. The monoisotopic (exact) mass is 368 g/mol. The largest absolute Gasteiger partial charge is 0.345 e. The summed E-state index contributed by atoms with van der Waals surface area (Å²) in [5.74, 6) is 1.61. The van der Waals surface area contributed by atoms with Gasteiger partial charge in [-0.1, -0.05) is 12.1 Å². The van der Waals surface area contributed by atoms with Crippen molar-refractivity contribution in [3.63, 3.8) is 0 Å². The molecule has 4 aliphatic carbocycles. The molecule has 27 heavy (non-hydrogen) atoms. The zero-order chi connectivity index (χ0) is 19.2. The summed E-state index contributed by atoms with van der Waals surface area (Å²) in [6, 6.07) is 7.84. The average molecular weight is 369 g/mol. The fourth-order valence-corrected chi connectivity index (χ4v) is 6.48. The number of amides is 2. The fraction of sp³-hybridized carbons (Fsp3) is 0.652. The molecular weight excluding hydrogens is 336 g/mol. The second kappa shape index (κ2) is 6.96. The van der Waals surface area contributed by atoms with Crippen LogP contribution in [0.2, 0.25) is 0 Å². The maximum absolute atomic E-state index is 12.9. The minimum atomic E-state index is -0.457. The number of carbonyl (C=O) groups excluding carboxylic acids is 2. The Morgan fingerprint density at radius 2 is 1.74 bits per heavy atom. The van der Waals surface area contributed by atoms with Gasteiger partial charge < -0.3 is 10.2 Å². The molecule has 4 fully saturated rings. The van der Waals surface area contributed by atoms with Crippen LogP contribution in [0.15, 0.2) is 24.3 Å². The minimum absolute atomic E-state index is 0.0681. The van der Waals surface area contributed by atoms with E-state index in [2.05, 4.69) is 12.2 Å². The number of benzene rings is 1. The van der Waals surface area contributed by atoms with Crippen molar-refractivity contribution in [1.82, 2.24) is 5.32 Å². The number of anilines is 1. The molecule has 2 amide bonds. The van der Waals surface area contributed by atoms with E-state index in [-0.39, 0.29) is 11.5 Å². The number of aryl methyl sites for hydroxylation is 1. The summed E-state index contributed by atoms with van der Waals surface area (Å²) < 4.78 is 0. The SMILES string of the molecule is CCN(C(=O)C(=O)NC(C)C12CC3CC(CC(C3)C1)C2)c1cccc(C)c1. The molecule has 1 aromatic carbocycles. The first-order chi connectivity index (χ1) is 12.9. The zero-order valence-electron chi connectivity index (χ0n) is 16.8. The number of carbonyl (C=O) groups is 2. The molecule has 4 bridgehead atoms. The number of hydrogen-bond donors (Lipinski definition) is 1. The van der Waals surface area contributed by atoms with Crippen molar-refractivity contribution in [3.05, 3.63) is 29.8 Å². The summed E-state index contributed by atoms with van der Waals surface area (Å²) in [5, 5.41) is 3.11. The van der Waals surface area contributed by atoms with Crippen LogP contribution in [0.4, 0.5) is 5.69 Å². The van der Waals surface area contributed by atoms with Crippen molar-refractivity contribution in [1.29, 1.82) is 0 Å². The van der Waals surface area contributed by atoms with E-state index in [0.29, 0.717) is 6.54 Å². The van der Waals surface area contributed by atoms with Crippen LogP contribution in [0.5, 0.6) is 0 Å². The maximum Gasteiger partial charge on any atom is 0.316 e. The fourth-order valence-electron chi connectivity index (χ4n) is 6.48. The highest BCUT2D eigenvalue weighted by molar-refractivity contribution is 6.40. The molecule has 0 aliphatic heterocycles. The molecule has 0 aromatic heterocycles. The summed E-state index contributed by atoms with van der Waals surface area (Å²) in [4.78, 5) is 27.2. The Bertz CT molecular complexity index is 706. The molecule has 4 nitrogen and oxygen atoms in total. The Hall–Kier alpha value is -1.84.